The summed E-state index contributed by atoms with van der Waals surface area (Å²) in [6.07, 6.45) is 2.77. The highest BCUT2D eigenvalue weighted by atomic mass is 32.2. The highest BCUT2D eigenvalue weighted by Gasteiger charge is 2.29. The number of nitrogens with one attached hydrogen (secondary N) is 1. The highest BCUT2D eigenvalue weighted by Crippen LogP contribution is 2.14. The molecule has 1 unspecified atom stereocenters. The Hall–Kier alpha value is -0.270. The van der Waals surface area contributed by atoms with Crippen molar-refractivity contribution in [1.29, 1.82) is 0 Å². The van der Waals surface area contributed by atoms with Crippen LogP contribution < -0.4 is 11.1 Å². The molecule has 0 saturated carbocycles. The first-order valence-corrected chi connectivity index (χ1v) is 9.23. The maximum Gasteiger partial charge on any atom is 0.237 e. The molecule has 0 spiro atoms. The van der Waals surface area contributed by atoms with Gasteiger partial charge in [-0.25, -0.2) is 8.42 Å². The standard InChI is InChI=1S/C11H24N2O3S2/c1-4-6-13-11(2,10(12)14)5-7-17-8-9-18(3,15)16/h13H,4-9H2,1-3H3,(H2,12,14). The topological polar surface area (TPSA) is 89.3 Å². The fraction of sp³-hybridized carbons (Fsp3) is 0.909. The number of nitrogens with two attached hydrogens (primary N) is 1. The first kappa shape index (κ1) is 17.7. The van der Waals surface area contributed by atoms with Crippen LogP contribution in [0.1, 0.15) is 26.7 Å². The zero-order chi connectivity index (χ0) is 14.2. The minimum absolute atomic E-state index is 0.174. The number of hydrogen-bond donors (Lipinski definition) is 2. The van der Waals surface area contributed by atoms with Crippen LogP contribution in [0.3, 0.4) is 0 Å². The lowest BCUT2D eigenvalue weighted by Crippen LogP contribution is -2.53. The van der Waals surface area contributed by atoms with Crippen molar-refractivity contribution in [2.45, 2.75) is 32.2 Å². The lowest BCUT2D eigenvalue weighted by atomic mass is 9.98. The maximum atomic E-state index is 11.4. The van der Waals surface area contributed by atoms with Crippen molar-refractivity contribution >= 4 is 27.5 Å². The van der Waals surface area contributed by atoms with Crippen LogP contribution in [0, 0.1) is 0 Å². The lowest BCUT2D eigenvalue weighted by Gasteiger charge is -2.27. The molecule has 0 aromatic heterocycles. The Labute approximate surface area is 114 Å². The summed E-state index contributed by atoms with van der Waals surface area (Å²) in [5, 5.41) is 3.15. The monoisotopic (exact) mass is 296 g/mol. The van der Waals surface area contributed by atoms with Gasteiger partial charge in [-0.3, -0.25) is 4.79 Å². The summed E-state index contributed by atoms with van der Waals surface area (Å²) in [7, 11) is -2.90. The molecular weight excluding hydrogens is 272 g/mol. The average molecular weight is 296 g/mol. The Morgan fingerprint density at radius 1 is 1.39 bits per heavy atom. The third-order valence-electron chi connectivity index (χ3n) is 2.65. The molecule has 1 atom stereocenters. The van der Waals surface area contributed by atoms with Crippen molar-refractivity contribution in [2.75, 3.05) is 30.1 Å². The summed E-state index contributed by atoms with van der Waals surface area (Å²) in [6.45, 7) is 4.56. The molecule has 0 aromatic carbocycles. The van der Waals surface area contributed by atoms with Crippen molar-refractivity contribution in [3.05, 3.63) is 0 Å². The van der Waals surface area contributed by atoms with Gasteiger partial charge in [-0.15, -0.1) is 0 Å². The van der Waals surface area contributed by atoms with Crippen LogP contribution in [0.25, 0.3) is 0 Å². The summed E-state index contributed by atoms with van der Waals surface area (Å²) in [4.78, 5) is 11.4. The van der Waals surface area contributed by atoms with Crippen LogP contribution in [0.15, 0.2) is 0 Å². The Balaban J connectivity index is 4.02. The number of rotatable bonds is 10. The van der Waals surface area contributed by atoms with Gasteiger partial charge in [0.05, 0.1) is 11.3 Å². The Bertz CT molecular complexity index is 357. The smallest absolute Gasteiger partial charge is 0.237 e. The molecule has 7 heteroatoms. The van der Waals surface area contributed by atoms with Gasteiger partial charge in [0.25, 0.3) is 0 Å². The van der Waals surface area contributed by atoms with E-state index in [1.54, 1.807) is 6.92 Å². The fourth-order valence-electron chi connectivity index (χ4n) is 1.29. The Kier molecular flexibility index (Phi) is 7.89. The minimum Gasteiger partial charge on any atom is -0.368 e. The van der Waals surface area contributed by atoms with Crippen molar-refractivity contribution in [3.8, 4) is 0 Å². The second kappa shape index (κ2) is 8.01. The molecule has 0 fully saturated rings. The van der Waals surface area contributed by atoms with Crippen LogP contribution >= 0.6 is 11.8 Å². The number of amides is 1. The first-order chi connectivity index (χ1) is 8.21. The molecule has 1 amide bonds. The molecule has 108 valence electrons. The Morgan fingerprint density at radius 2 is 2.00 bits per heavy atom. The van der Waals surface area contributed by atoms with Crippen molar-refractivity contribution < 1.29 is 13.2 Å². The zero-order valence-corrected chi connectivity index (χ0v) is 13.0. The van der Waals surface area contributed by atoms with Gasteiger partial charge in [-0.05, 0) is 32.1 Å². The molecule has 0 radical (unpaired) electrons. The van der Waals surface area contributed by atoms with Crippen LogP contribution in [-0.4, -0.2) is 49.9 Å². The van der Waals surface area contributed by atoms with E-state index in [-0.39, 0.29) is 11.7 Å². The largest absolute Gasteiger partial charge is 0.368 e. The van der Waals surface area contributed by atoms with Gasteiger partial charge in [0.15, 0.2) is 0 Å². The molecule has 0 aliphatic heterocycles. The summed E-state index contributed by atoms with van der Waals surface area (Å²) in [5.41, 5.74) is 4.69. The molecule has 0 saturated heterocycles. The lowest BCUT2D eigenvalue weighted by molar-refractivity contribution is -0.123. The molecule has 0 aliphatic carbocycles. The van der Waals surface area contributed by atoms with E-state index in [2.05, 4.69) is 5.32 Å². The minimum atomic E-state index is -2.90. The number of thioether (sulfide) groups is 1. The number of hydrogen-bond acceptors (Lipinski definition) is 5. The first-order valence-electron chi connectivity index (χ1n) is 6.01. The van der Waals surface area contributed by atoms with Gasteiger partial charge in [0.1, 0.15) is 9.84 Å². The van der Waals surface area contributed by atoms with Gasteiger partial charge in [-0.2, -0.15) is 11.8 Å². The van der Waals surface area contributed by atoms with E-state index in [1.807, 2.05) is 6.92 Å². The molecule has 0 aromatic rings. The summed E-state index contributed by atoms with van der Waals surface area (Å²) >= 11 is 1.53. The number of sulfone groups is 1. The SMILES string of the molecule is CCCNC(C)(CCSCCS(C)(=O)=O)C(N)=O. The number of carbonyl (C=O) groups excluding carboxylic acids is 1. The average Bonchev–Trinajstić information content (AvgIpc) is 2.24. The van der Waals surface area contributed by atoms with E-state index in [4.69, 9.17) is 5.73 Å². The van der Waals surface area contributed by atoms with E-state index >= 15 is 0 Å². The van der Waals surface area contributed by atoms with Gasteiger partial charge in [0.2, 0.25) is 5.91 Å². The van der Waals surface area contributed by atoms with Crippen LogP contribution in [0.2, 0.25) is 0 Å². The fourth-order valence-corrected chi connectivity index (χ4v) is 3.73. The second-order valence-electron chi connectivity index (χ2n) is 4.62. The van der Waals surface area contributed by atoms with Crippen LogP contribution in [-0.2, 0) is 14.6 Å². The summed E-state index contributed by atoms with van der Waals surface area (Å²) in [6, 6.07) is 0. The molecule has 5 nitrogen and oxygen atoms in total. The van der Waals surface area contributed by atoms with Crippen LogP contribution in [0.5, 0.6) is 0 Å². The quantitative estimate of drug-likeness (QED) is 0.570. The molecule has 0 aliphatic rings. The van der Waals surface area contributed by atoms with E-state index in [1.165, 1.54) is 18.0 Å². The maximum absolute atomic E-state index is 11.4. The van der Waals surface area contributed by atoms with E-state index in [0.717, 1.165) is 13.0 Å². The van der Waals surface area contributed by atoms with Crippen LogP contribution in [0.4, 0.5) is 0 Å². The number of primary amides is 1. The third kappa shape index (κ3) is 7.94. The summed E-state index contributed by atoms with van der Waals surface area (Å²) < 4.78 is 21.9. The van der Waals surface area contributed by atoms with Gasteiger partial charge in [-0.1, -0.05) is 6.92 Å². The molecule has 3 N–H and O–H groups in total. The molecule has 0 rings (SSSR count). The van der Waals surface area contributed by atoms with E-state index in [0.29, 0.717) is 17.9 Å². The molecule has 0 heterocycles. The van der Waals surface area contributed by atoms with Gasteiger partial charge in [0, 0.05) is 12.0 Å². The molecule has 0 bridgehead atoms. The summed E-state index contributed by atoms with van der Waals surface area (Å²) in [5.74, 6) is 1.08. The predicted octanol–water partition coefficient (Wildman–Crippen LogP) is 0.398. The molecular formula is C11H24N2O3S2. The normalized spacial score (nSPS) is 15.3. The van der Waals surface area contributed by atoms with Crippen molar-refractivity contribution in [1.82, 2.24) is 5.32 Å². The van der Waals surface area contributed by atoms with Crippen molar-refractivity contribution in [2.24, 2.45) is 5.73 Å². The molecule has 18 heavy (non-hydrogen) atoms. The highest BCUT2D eigenvalue weighted by molar-refractivity contribution is 8.00. The van der Waals surface area contributed by atoms with E-state index in [9.17, 15) is 13.2 Å². The van der Waals surface area contributed by atoms with Gasteiger partial charge < -0.3 is 11.1 Å². The van der Waals surface area contributed by atoms with E-state index < -0.39 is 15.4 Å². The van der Waals surface area contributed by atoms with Gasteiger partial charge >= 0.3 is 0 Å². The Morgan fingerprint density at radius 3 is 2.44 bits per heavy atom. The predicted molar refractivity (Wildman–Crippen MR) is 77.5 cm³/mol. The third-order valence-corrected chi connectivity index (χ3v) is 4.84. The zero-order valence-electron chi connectivity index (χ0n) is 11.4. The second-order valence-corrected chi connectivity index (χ2v) is 8.10. The number of carbonyl (C=O) groups is 1. The van der Waals surface area contributed by atoms with Crippen molar-refractivity contribution in [3.63, 3.8) is 0 Å².